The number of anilines is 1. The monoisotopic (exact) mass is 300 g/mol. The van der Waals surface area contributed by atoms with Gasteiger partial charge in [0.25, 0.3) is 0 Å². The molecule has 1 aliphatic heterocycles. The van der Waals surface area contributed by atoms with Crippen LogP contribution >= 0.6 is 0 Å². The molecule has 0 aromatic heterocycles. The molecule has 1 fully saturated rings. The van der Waals surface area contributed by atoms with Crippen molar-refractivity contribution in [3.63, 3.8) is 0 Å². The highest BCUT2D eigenvalue weighted by atomic mass is 19.1. The molecule has 0 unspecified atom stereocenters. The van der Waals surface area contributed by atoms with Crippen molar-refractivity contribution in [2.45, 2.75) is 37.8 Å². The van der Waals surface area contributed by atoms with E-state index in [2.05, 4.69) is 9.98 Å². The third kappa shape index (κ3) is 2.17. The average Bonchev–Trinajstić information content (AvgIpc) is 2.48. The SMILES string of the molecule is N#Cc1cccc(F)c1N1C(N)=NC(N)=NC12CCCCC2. The lowest BCUT2D eigenvalue weighted by Crippen LogP contribution is -2.58. The van der Waals surface area contributed by atoms with Gasteiger partial charge in [0.1, 0.15) is 17.5 Å². The Morgan fingerprint density at radius 3 is 2.64 bits per heavy atom. The van der Waals surface area contributed by atoms with Gasteiger partial charge in [-0.15, -0.1) is 0 Å². The summed E-state index contributed by atoms with van der Waals surface area (Å²) in [5.41, 5.74) is 11.4. The molecule has 114 valence electrons. The number of nitrogens with zero attached hydrogens (tertiary/aromatic N) is 4. The fraction of sp³-hybridized carbons (Fsp3) is 0.400. The van der Waals surface area contributed by atoms with Gasteiger partial charge in [-0.25, -0.2) is 9.38 Å². The Morgan fingerprint density at radius 2 is 1.95 bits per heavy atom. The topological polar surface area (TPSA) is 104 Å². The van der Waals surface area contributed by atoms with Gasteiger partial charge in [-0.1, -0.05) is 12.5 Å². The Hall–Kier alpha value is -2.62. The van der Waals surface area contributed by atoms with Gasteiger partial charge in [-0.05, 0) is 37.8 Å². The molecule has 1 spiro atoms. The van der Waals surface area contributed by atoms with Crippen LogP contribution in [0.25, 0.3) is 0 Å². The molecule has 3 rings (SSSR count). The number of guanidine groups is 2. The van der Waals surface area contributed by atoms with E-state index in [1.165, 1.54) is 12.1 Å². The summed E-state index contributed by atoms with van der Waals surface area (Å²) in [5, 5.41) is 9.31. The first-order valence-electron chi connectivity index (χ1n) is 7.26. The predicted molar refractivity (Wildman–Crippen MR) is 82.7 cm³/mol. The second-order valence-electron chi connectivity index (χ2n) is 5.57. The molecule has 1 aromatic rings. The first-order chi connectivity index (χ1) is 10.6. The van der Waals surface area contributed by atoms with Crippen LogP contribution in [0.2, 0.25) is 0 Å². The summed E-state index contributed by atoms with van der Waals surface area (Å²) in [6.07, 6.45) is 4.37. The van der Waals surface area contributed by atoms with Crippen LogP contribution in [-0.2, 0) is 0 Å². The molecule has 0 saturated heterocycles. The Balaban J connectivity index is 2.19. The Morgan fingerprint density at radius 1 is 1.23 bits per heavy atom. The summed E-state index contributed by atoms with van der Waals surface area (Å²) in [4.78, 5) is 10.0. The van der Waals surface area contributed by atoms with Crippen molar-refractivity contribution < 1.29 is 4.39 Å². The summed E-state index contributed by atoms with van der Waals surface area (Å²) >= 11 is 0. The fourth-order valence-corrected chi connectivity index (χ4v) is 3.28. The third-order valence-corrected chi connectivity index (χ3v) is 4.18. The van der Waals surface area contributed by atoms with Crippen LogP contribution in [0.1, 0.15) is 37.7 Å². The van der Waals surface area contributed by atoms with Crippen LogP contribution in [0.5, 0.6) is 0 Å². The van der Waals surface area contributed by atoms with Gasteiger partial charge < -0.3 is 11.5 Å². The highest BCUT2D eigenvalue weighted by molar-refractivity contribution is 6.06. The van der Waals surface area contributed by atoms with E-state index in [1.807, 2.05) is 6.07 Å². The first kappa shape index (κ1) is 14.3. The number of halogens is 1. The van der Waals surface area contributed by atoms with Gasteiger partial charge in [0.2, 0.25) is 11.9 Å². The number of para-hydroxylation sites is 1. The molecule has 22 heavy (non-hydrogen) atoms. The summed E-state index contributed by atoms with van der Waals surface area (Å²) in [6.45, 7) is 0. The summed E-state index contributed by atoms with van der Waals surface area (Å²) < 4.78 is 14.4. The molecule has 0 radical (unpaired) electrons. The van der Waals surface area contributed by atoms with Crippen molar-refractivity contribution in [1.82, 2.24) is 0 Å². The molecule has 0 amide bonds. The van der Waals surface area contributed by atoms with E-state index < -0.39 is 11.5 Å². The molecule has 1 aliphatic carbocycles. The largest absolute Gasteiger partial charge is 0.369 e. The van der Waals surface area contributed by atoms with Crippen LogP contribution in [0.4, 0.5) is 10.1 Å². The minimum absolute atomic E-state index is 0.0796. The van der Waals surface area contributed by atoms with Gasteiger partial charge in [-0.3, -0.25) is 4.90 Å². The van der Waals surface area contributed by atoms with E-state index >= 15 is 0 Å². The van der Waals surface area contributed by atoms with Gasteiger partial charge in [0, 0.05) is 0 Å². The van der Waals surface area contributed by atoms with Crippen LogP contribution in [0.3, 0.4) is 0 Å². The standard InChI is InChI=1S/C15H17FN6/c16-11-6-4-5-10(9-17)12(11)22-14(19)20-13(18)21-15(22)7-2-1-3-8-15/h4-6H,1-3,7-8H2,(H4,18,19,20,21). The number of hydrogen-bond acceptors (Lipinski definition) is 6. The third-order valence-electron chi connectivity index (χ3n) is 4.18. The zero-order valence-electron chi connectivity index (χ0n) is 12.1. The lowest BCUT2D eigenvalue weighted by molar-refractivity contribution is 0.304. The van der Waals surface area contributed by atoms with Crippen molar-refractivity contribution in [2.24, 2.45) is 21.5 Å². The molecule has 2 aliphatic rings. The first-order valence-corrected chi connectivity index (χ1v) is 7.26. The maximum Gasteiger partial charge on any atom is 0.220 e. The zero-order valence-corrected chi connectivity index (χ0v) is 12.1. The Kier molecular flexibility index (Phi) is 3.45. The lowest BCUT2D eigenvalue weighted by atomic mass is 9.87. The van der Waals surface area contributed by atoms with Crippen LogP contribution in [-0.4, -0.2) is 17.6 Å². The fourth-order valence-electron chi connectivity index (χ4n) is 3.28. The normalized spacial score (nSPS) is 20.3. The number of nitriles is 1. The number of hydrogen-bond donors (Lipinski definition) is 2. The molecule has 7 heteroatoms. The maximum atomic E-state index is 14.4. The van der Waals surface area contributed by atoms with E-state index in [1.54, 1.807) is 11.0 Å². The highest BCUT2D eigenvalue weighted by Gasteiger charge is 2.44. The minimum atomic E-state index is -0.748. The second-order valence-corrected chi connectivity index (χ2v) is 5.57. The van der Waals surface area contributed by atoms with Crippen molar-refractivity contribution in [3.05, 3.63) is 29.6 Å². The van der Waals surface area contributed by atoms with Crippen molar-refractivity contribution in [3.8, 4) is 6.07 Å². The molecule has 1 aromatic carbocycles. The second kappa shape index (κ2) is 5.30. The lowest BCUT2D eigenvalue weighted by Gasteiger charge is -2.45. The molecular weight excluding hydrogens is 283 g/mol. The summed E-state index contributed by atoms with van der Waals surface area (Å²) in [5.74, 6) is -0.334. The van der Waals surface area contributed by atoms with Crippen LogP contribution in [0.15, 0.2) is 28.2 Å². The number of rotatable bonds is 1. The van der Waals surface area contributed by atoms with Gasteiger partial charge >= 0.3 is 0 Å². The van der Waals surface area contributed by atoms with Crippen molar-refractivity contribution in [1.29, 1.82) is 5.26 Å². The average molecular weight is 300 g/mol. The molecule has 1 saturated carbocycles. The van der Waals surface area contributed by atoms with E-state index in [4.69, 9.17) is 11.5 Å². The van der Waals surface area contributed by atoms with Crippen molar-refractivity contribution >= 4 is 17.6 Å². The quantitative estimate of drug-likeness (QED) is 0.825. The molecule has 0 atom stereocenters. The Bertz CT molecular complexity index is 696. The number of benzene rings is 1. The molecule has 0 bridgehead atoms. The van der Waals surface area contributed by atoms with Crippen molar-refractivity contribution in [2.75, 3.05) is 4.90 Å². The molecule has 1 heterocycles. The van der Waals surface area contributed by atoms with E-state index in [0.717, 1.165) is 19.3 Å². The van der Waals surface area contributed by atoms with Gasteiger partial charge in [-0.2, -0.15) is 10.3 Å². The molecule has 6 nitrogen and oxygen atoms in total. The van der Waals surface area contributed by atoms with Crippen LogP contribution in [0, 0.1) is 17.1 Å². The summed E-state index contributed by atoms with van der Waals surface area (Å²) in [6, 6.07) is 6.38. The number of nitrogens with two attached hydrogens (primary N) is 2. The summed E-state index contributed by atoms with van der Waals surface area (Å²) in [7, 11) is 0. The Labute approximate surface area is 127 Å². The van der Waals surface area contributed by atoms with E-state index in [9.17, 15) is 9.65 Å². The van der Waals surface area contributed by atoms with Gasteiger partial charge in [0.05, 0.1) is 11.3 Å². The smallest absolute Gasteiger partial charge is 0.220 e. The number of aliphatic imine (C=N–C) groups is 2. The minimum Gasteiger partial charge on any atom is -0.369 e. The molecular formula is C15H17FN6. The van der Waals surface area contributed by atoms with Crippen LogP contribution < -0.4 is 16.4 Å². The van der Waals surface area contributed by atoms with E-state index in [0.29, 0.717) is 12.8 Å². The van der Waals surface area contributed by atoms with Gasteiger partial charge in [0.15, 0.2) is 0 Å². The van der Waals surface area contributed by atoms with E-state index in [-0.39, 0.29) is 23.2 Å². The predicted octanol–water partition coefficient (Wildman–Crippen LogP) is 1.81. The molecule has 4 N–H and O–H groups in total. The zero-order chi connectivity index (χ0) is 15.7. The maximum absolute atomic E-state index is 14.4. The highest BCUT2D eigenvalue weighted by Crippen LogP contribution is 2.41.